The molecule has 0 aromatic heterocycles. The lowest BCUT2D eigenvalue weighted by molar-refractivity contribution is -0.160. The molecule has 10 heteroatoms. The van der Waals surface area contributed by atoms with Gasteiger partial charge in [-0.1, -0.05) is 18.5 Å². The molecular formula is C20H18ClNO8. The first-order chi connectivity index (χ1) is 13.9. The van der Waals surface area contributed by atoms with E-state index in [0.717, 1.165) is 0 Å². The van der Waals surface area contributed by atoms with Crippen LogP contribution in [-0.4, -0.2) is 54.7 Å². The quantitative estimate of drug-likeness (QED) is 0.347. The molecule has 3 aliphatic carbocycles. The zero-order chi connectivity index (χ0) is 22.3. The SMILES string of the molecule is C[C@H]1c2c(Cl)ccc(O)c2C(O)=C2C(=O)[C@]3(O)C(O)=C(C(N)=O)C(=O)C[C@@H]3[C@@H](O)[C@@H]21. The molecule has 0 radical (unpaired) electrons. The van der Waals surface area contributed by atoms with Crippen molar-refractivity contribution in [3.8, 4) is 5.75 Å². The molecule has 30 heavy (non-hydrogen) atoms. The van der Waals surface area contributed by atoms with E-state index in [-0.39, 0.29) is 16.3 Å². The maximum absolute atomic E-state index is 13.4. The van der Waals surface area contributed by atoms with Crippen LogP contribution in [0.2, 0.25) is 5.02 Å². The minimum Gasteiger partial charge on any atom is -0.508 e. The molecule has 0 saturated heterocycles. The minimum atomic E-state index is -2.84. The van der Waals surface area contributed by atoms with Gasteiger partial charge in [-0.3, -0.25) is 14.4 Å². The summed E-state index contributed by atoms with van der Waals surface area (Å²) in [7, 11) is 0. The molecule has 0 heterocycles. The molecular weight excluding hydrogens is 418 g/mol. The summed E-state index contributed by atoms with van der Waals surface area (Å²) in [5.41, 5.74) is 1.07. The van der Waals surface area contributed by atoms with Crippen molar-refractivity contribution < 1.29 is 39.9 Å². The van der Waals surface area contributed by atoms with Gasteiger partial charge in [0.2, 0.25) is 5.78 Å². The number of hydrogen-bond donors (Lipinski definition) is 6. The molecule has 0 aliphatic heterocycles. The summed E-state index contributed by atoms with van der Waals surface area (Å²) in [5.74, 6) is -9.07. The fourth-order valence-corrected chi connectivity index (χ4v) is 5.35. The highest BCUT2D eigenvalue weighted by molar-refractivity contribution is 6.32. The Kier molecular flexibility index (Phi) is 4.29. The number of rotatable bonds is 1. The summed E-state index contributed by atoms with van der Waals surface area (Å²) in [5, 5.41) is 54.0. The van der Waals surface area contributed by atoms with Gasteiger partial charge < -0.3 is 31.3 Å². The molecule has 4 rings (SSSR count). The lowest BCUT2D eigenvalue weighted by atomic mass is 9.55. The zero-order valence-corrected chi connectivity index (χ0v) is 16.3. The molecule has 1 aromatic carbocycles. The molecule has 7 N–H and O–H groups in total. The molecule has 9 nitrogen and oxygen atoms in total. The monoisotopic (exact) mass is 435 g/mol. The van der Waals surface area contributed by atoms with E-state index in [1.54, 1.807) is 6.92 Å². The summed E-state index contributed by atoms with van der Waals surface area (Å²) >= 11 is 6.24. The van der Waals surface area contributed by atoms with Gasteiger partial charge in [0.15, 0.2) is 11.4 Å². The summed E-state index contributed by atoms with van der Waals surface area (Å²) in [6.07, 6.45) is -2.20. The second-order valence-electron chi connectivity index (χ2n) is 7.84. The van der Waals surface area contributed by atoms with E-state index >= 15 is 0 Å². The van der Waals surface area contributed by atoms with Gasteiger partial charge in [-0.2, -0.15) is 0 Å². The molecule has 5 atom stereocenters. The van der Waals surface area contributed by atoms with E-state index < -0.39 is 76.0 Å². The molecule has 0 spiro atoms. The van der Waals surface area contributed by atoms with Crippen molar-refractivity contribution in [2.45, 2.75) is 31.0 Å². The summed E-state index contributed by atoms with van der Waals surface area (Å²) in [6, 6.07) is 2.61. The highest BCUT2D eigenvalue weighted by atomic mass is 35.5. The topological polar surface area (TPSA) is 178 Å². The first-order valence-corrected chi connectivity index (χ1v) is 9.49. The number of hydrogen-bond acceptors (Lipinski definition) is 8. The lowest BCUT2D eigenvalue weighted by Crippen LogP contribution is -2.63. The van der Waals surface area contributed by atoms with Gasteiger partial charge in [-0.05, 0) is 23.6 Å². The van der Waals surface area contributed by atoms with Gasteiger partial charge >= 0.3 is 0 Å². The number of phenols is 1. The van der Waals surface area contributed by atoms with Crippen molar-refractivity contribution in [2.24, 2.45) is 17.6 Å². The molecule has 158 valence electrons. The Balaban J connectivity index is 2.04. The van der Waals surface area contributed by atoms with Crippen molar-refractivity contribution in [1.29, 1.82) is 0 Å². The zero-order valence-electron chi connectivity index (χ0n) is 15.6. The van der Waals surface area contributed by atoms with Crippen molar-refractivity contribution in [3.63, 3.8) is 0 Å². The third kappa shape index (κ3) is 2.28. The number of nitrogens with two attached hydrogens (primary N) is 1. The van der Waals surface area contributed by atoms with Crippen LogP contribution in [0, 0.1) is 11.8 Å². The Morgan fingerprint density at radius 3 is 2.47 bits per heavy atom. The Morgan fingerprint density at radius 1 is 1.23 bits per heavy atom. The normalized spacial score (nSPS) is 33.2. The molecule has 1 fully saturated rings. The van der Waals surface area contributed by atoms with Crippen molar-refractivity contribution in [2.75, 3.05) is 0 Å². The van der Waals surface area contributed by atoms with Gasteiger partial charge in [0.05, 0.1) is 11.7 Å². The predicted molar refractivity (Wildman–Crippen MR) is 102 cm³/mol. The average Bonchev–Trinajstić information content (AvgIpc) is 2.66. The summed E-state index contributed by atoms with van der Waals surface area (Å²) in [6.45, 7) is 1.61. The standard InChI is InChI=1S/C20H18ClNO8/c1-5-10-7(21)2-3-8(23)12(10)16(26)14-11(5)15(25)6-4-9(24)13(19(22)29)17(27)20(6,30)18(14)28/h2-3,5-6,11,15,23,25-27,30H,4H2,1H3,(H2,22,29)/t5-,6+,11+,15+,20+/m0/s1. The highest BCUT2D eigenvalue weighted by Crippen LogP contribution is 2.56. The number of carbonyl (C=O) groups is 3. The number of ketones is 2. The third-order valence-electron chi connectivity index (χ3n) is 6.43. The summed E-state index contributed by atoms with van der Waals surface area (Å²) < 4.78 is 0. The van der Waals surface area contributed by atoms with E-state index in [0.29, 0.717) is 5.56 Å². The number of aliphatic hydroxyl groups excluding tert-OH is 3. The first kappa shape index (κ1) is 20.4. The van der Waals surface area contributed by atoms with Crippen LogP contribution in [0.1, 0.15) is 30.4 Å². The van der Waals surface area contributed by atoms with Crippen LogP contribution in [0.15, 0.2) is 29.0 Å². The maximum atomic E-state index is 13.4. The van der Waals surface area contributed by atoms with Crippen LogP contribution >= 0.6 is 11.6 Å². The second kappa shape index (κ2) is 6.31. The average molecular weight is 436 g/mol. The fourth-order valence-electron chi connectivity index (χ4n) is 5.03. The number of aromatic hydroxyl groups is 1. The van der Waals surface area contributed by atoms with E-state index in [2.05, 4.69) is 0 Å². The van der Waals surface area contributed by atoms with E-state index in [9.17, 15) is 39.9 Å². The van der Waals surface area contributed by atoms with E-state index in [4.69, 9.17) is 17.3 Å². The molecule has 0 unspecified atom stereocenters. The van der Waals surface area contributed by atoms with Gasteiger partial charge in [-0.25, -0.2) is 0 Å². The van der Waals surface area contributed by atoms with Crippen LogP contribution in [0.5, 0.6) is 5.75 Å². The van der Waals surface area contributed by atoms with Crippen molar-refractivity contribution in [3.05, 3.63) is 45.2 Å². The number of aliphatic hydroxyl groups is 4. The highest BCUT2D eigenvalue weighted by Gasteiger charge is 2.65. The van der Waals surface area contributed by atoms with Crippen LogP contribution in [0.25, 0.3) is 5.76 Å². The lowest BCUT2D eigenvalue weighted by Gasteiger charge is -2.50. The molecule has 3 aliphatic rings. The number of carbonyl (C=O) groups excluding carboxylic acids is 3. The van der Waals surface area contributed by atoms with Gasteiger partial charge in [-0.15, -0.1) is 0 Å². The largest absolute Gasteiger partial charge is 0.508 e. The maximum Gasteiger partial charge on any atom is 0.255 e. The molecule has 1 amide bonds. The number of fused-ring (bicyclic) bond motifs is 3. The predicted octanol–water partition coefficient (Wildman–Crippen LogP) is 0.609. The van der Waals surface area contributed by atoms with Gasteiger partial charge in [0, 0.05) is 28.9 Å². The van der Waals surface area contributed by atoms with Crippen LogP contribution in [0.3, 0.4) is 0 Å². The number of Topliss-reactive ketones (excluding diaryl/α,β-unsaturated/α-hetero) is 2. The van der Waals surface area contributed by atoms with Crippen LogP contribution in [0.4, 0.5) is 0 Å². The van der Waals surface area contributed by atoms with E-state index in [1.807, 2.05) is 0 Å². The van der Waals surface area contributed by atoms with E-state index in [1.165, 1.54) is 12.1 Å². The molecule has 0 bridgehead atoms. The summed E-state index contributed by atoms with van der Waals surface area (Å²) in [4.78, 5) is 37.3. The number of benzene rings is 1. The first-order valence-electron chi connectivity index (χ1n) is 9.11. The van der Waals surface area contributed by atoms with Gasteiger partial charge in [0.25, 0.3) is 5.91 Å². The Hall–Kier alpha value is -2.88. The van der Waals surface area contributed by atoms with Crippen molar-refractivity contribution >= 4 is 34.8 Å². The second-order valence-corrected chi connectivity index (χ2v) is 8.25. The smallest absolute Gasteiger partial charge is 0.255 e. The minimum absolute atomic E-state index is 0.130. The molecule has 1 aromatic rings. The number of phenolic OH excluding ortho intramolecular Hbond substituents is 1. The Morgan fingerprint density at radius 2 is 1.87 bits per heavy atom. The van der Waals surface area contributed by atoms with Crippen LogP contribution < -0.4 is 5.73 Å². The number of halogens is 1. The fraction of sp³-hybridized carbons (Fsp3) is 0.350. The third-order valence-corrected chi connectivity index (χ3v) is 6.76. The van der Waals surface area contributed by atoms with Crippen molar-refractivity contribution in [1.82, 2.24) is 0 Å². The van der Waals surface area contributed by atoms with Gasteiger partial charge in [0.1, 0.15) is 22.8 Å². The Labute approximate surface area is 174 Å². The van der Waals surface area contributed by atoms with Crippen LogP contribution in [-0.2, 0) is 14.4 Å². The molecule has 1 saturated carbocycles. The Bertz CT molecular complexity index is 1110. The number of amides is 1. The number of primary amides is 1.